The molecule has 1 saturated heterocycles. The van der Waals surface area contributed by atoms with Crippen LogP contribution >= 0.6 is 24.0 Å². The lowest BCUT2D eigenvalue weighted by Gasteiger charge is -2.35. The molecule has 0 amide bonds. The molecule has 1 atom stereocenters. The molecular weight excluding hydrogens is 508 g/mol. The fourth-order valence-electron chi connectivity index (χ4n) is 3.74. The Kier molecular flexibility index (Phi) is 15.1. The van der Waals surface area contributed by atoms with Crippen molar-refractivity contribution in [1.82, 2.24) is 20.4 Å². The normalized spacial score (nSPS) is 16.1. The fraction of sp³-hybridized carbons (Fsp3) is 0.696. The summed E-state index contributed by atoms with van der Waals surface area (Å²) >= 11 is 0. The first-order chi connectivity index (χ1) is 14.6. The van der Waals surface area contributed by atoms with Gasteiger partial charge in [-0.2, -0.15) is 0 Å². The lowest BCUT2D eigenvalue weighted by molar-refractivity contribution is 0.0170. The maximum atomic E-state index is 13.4. The zero-order valence-corrected chi connectivity index (χ0v) is 21.7. The van der Waals surface area contributed by atoms with E-state index >= 15 is 0 Å². The predicted molar refractivity (Wildman–Crippen MR) is 138 cm³/mol. The summed E-state index contributed by atoms with van der Waals surface area (Å²) < 4.78 is 18.9. The summed E-state index contributed by atoms with van der Waals surface area (Å²) in [5.41, 5.74) is 1.11. The molecule has 0 saturated carbocycles. The van der Waals surface area contributed by atoms with E-state index in [4.69, 9.17) is 4.74 Å². The van der Waals surface area contributed by atoms with Crippen LogP contribution in [0.2, 0.25) is 0 Å². The number of aliphatic imine (C=N–C) groups is 1. The molecule has 1 aromatic carbocycles. The van der Waals surface area contributed by atoms with Gasteiger partial charge >= 0.3 is 0 Å². The largest absolute Gasteiger partial charge is 0.379 e. The van der Waals surface area contributed by atoms with Crippen LogP contribution in [-0.4, -0.2) is 82.8 Å². The molecule has 8 heteroatoms. The summed E-state index contributed by atoms with van der Waals surface area (Å²) in [7, 11) is 6.06. The first kappa shape index (κ1) is 28.1. The van der Waals surface area contributed by atoms with E-state index in [1.54, 1.807) is 7.05 Å². The van der Waals surface area contributed by atoms with Crippen LogP contribution < -0.4 is 10.6 Å². The number of unbranched alkanes of at least 4 members (excludes halogenated alkanes) is 4. The Balaban J connectivity index is 0.00000480. The highest BCUT2D eigenvalue weighted by molar-refractivity contribution is 14.0. The van der Waals surface area contributed by atoms with E-state index in [-0.39, 0.29) is 35.8 Å². The van der Waals surface area contributed by atoms with Crippen molar-refractivity contribution in [2.75, 3.05) is 67.1 Å². The summed E-state index contributed by atoms with van der Waals surface area (Å²) in [6.45, 7) is 6.04. The second-order valence-electron chi connectivity index (χ2n) is 8.17. The van der Waals surface area contributed by atoms with E-state index in [9.17, 15) is 4.39 Å². The number of nitrogens with one attached hydrogen (secondary N) is 2. The smallest absolute Gasteiger partial charge is 0.191 e. The number of rotatable bonds is 12. The van der Waals surface area contributed by atoms with Crippen LogP contribution in [0.15, 0.2) is 29.3 Å². The molecule has 0 aliphatic carbocycles. The molecule has 6 nitrogen and oxygen atoms in total. The number of ether oxygens (including phenoxy) is 1. The van der Waals surface area contributed by atoms with Gasteiger partial charge in [0.25, 0.3) is 0 Å². The van der Waals surface area contributed by atoms with Crippen LogP contribution in [0.25, 0.3) is 0 Å². The third-order valence-corrected chi connectivity index (χ3v) is 5.50. The van der Waals surface area contributed by atoms with Crippen LogP contribution in [0.1, 0.15) is 43.7 Å². The van der Waals surface area contributed by atoms with Crippen LogP contribution in [0, 0.1) is 5.82 Å². The molecule has 1 aromatic rings. The fourth-order valence-corrected chi connectivity index (χ4v) is 3.74. The van der Waals surface area contributed by atoms with Gasteiger partial charge in [-0.25, -0.2) is 4.39 Å². The van der Waals surface area contributed by atoms with Crippen molar-refractivity contribution >= 4 is 29.9 Å². The number of benzene rings is 1. The molecular formula is C23H41FIN5O. The highest BCUT2D eigenvalue weighted by Crippen LogP contribution is 2.21. The molecule has 178 valence electrons. The Morgan fingerprint density at radius 3 is 2.35 bits per heavy atom. The average molecular weight is 550 g/mol. The van der Waals surface area contributed by atoms with Crippen LogP contribution in [-0.2, 0) is 4.74 Å². The van der Waals surface area contributed by atoms with Gasteiger partial charge in [0, 0.05) is 33.2 Å². The average Bonchev–Trinajstić information content (AvgIpc) is 2.76. The molecule has 1 fully saturated rings. The molecule has 0 aromatic heterocycles. The molecule has 1 aliphatic rings. The highest BCUT2D eigenvalue weighted by atomic mass is 127. The number of morpholine rings is 1. The van der Waals surface area contributed by atoms with E-state index in [1.807, 2.05) is 12.1 Å². The molecule has 0 spiro atoms. The number of nitrogens with zero attached hydrogens (tertiary/aromatic N) is 3. The second kappa shape index (κ2) is 16.6. The minimum absolute atomic E-state index is 0. The van der Waals surface area contributed by atoms with Crippen molar-refractivity contribution in [1.29, 1.82) is 0 Å². The Morgan fingerprint density at radius 1 is 1.06 bits per heavy atom. The van der Waals surface area contributed by atoms with Crippen molar-refractivity contribution < 1.29 is 9.13 Å². The summed E-state index contributed by atoms with van der Waals surface area (Å²) in [6, 6.07) is 6.99. The monoisotopic (exact) mass is 549 g/mol. The zero-order chi connectivity index (χ0) is 21.6. The Bertz CT molecular complexity index is 608. The molecule has 0 radical (unpaired) electrons. The molecule has 1 heterocycles. The van der Waals surface area contributed by atoms with Crippen molar-refractivity contribution in [2.24, 2.45) is 4.99 Å². The Hall–Kier alpha value is -0.970. The second-order valence-corrected chi connectivity index (χ2v) is 8.17. The number of hydrogen-bond donors (Lipinski definition) is 2. The van der Waals surface area contributed by atoms with Crippen molar-refractivity contribution in [2.45, 2.75) is 38.1 Å². The summed E-state index contributed by atoms with van der Waals surface area (Å²) in [6.07, 6.45) is 6.24. The van der Waals surface area contributed by atoms with E-state index in [2.05, 4.69) is 39.5 Å². The number of hydrogen-bond acceptors (Lipinski definition) is 4. The van der Waals surface area contributed by atoms with Gasteiger partial charge in [0.2, 0.25) is 0 Å². The SMILES string of the molecule is CN=C(NCCCCCCCN(C)C)NCC(c1ccc(F)cc1)N1CCOCC1.I. The minimum Gasteiger partial charge on any atom is -0.379 e. The molecule has 31 heavy (non-hydrogen) atoms. The lowest BCUT2D eigenvalue weighted by Crippen LogP contribution is -2.46. The Labute approximate surface area is 205 Å². The quantitative estimate of drug-likeness (QED) is 0.181. The summed E-state index contributed by atoms with van der Waals surface area (Å²) in [5.74, 6) is 0.620. The minimum atomic E-state index is -0.202. The van der Waals surface area contributed by atoms with Gasteiger partial charge in [0.15, 0.2) is 5.96 Å². The van der Waals surface area contributed by atoms with Crippen molar-refractivity contribution in [3.63, 3.8) is 0 Å². The lowest BCUT2D eigenvalue weighted by atomic mass is 10.0. The predicted octanol–water partition coefficient (Wildman–Crippen LogP) is 3.49. The van der Waals surface area contributed by atoms with Gasteiger partial charge in [-0.05, 0) is 51.2 Å². The van der Waals surface area contributed by atoms with Crippen molar-refractivity contribution in [3.8, 4) is 0 Å². The van der Waals surface area contributed by atoms with Crippen LogP contribution in [0.3, 0.4) is 0 Å². The van der Waals surface area contributed by atoms with E-state index in [0.717, 1.165) is 57.3 Å². The molecule has 2 rings (SSSR count). The maximum Gasteiger partial charge on any atom is 0.191 e. The van der Waals surface area contributed by atoms with E-state index in [0.29, 0.717) is 0 Å². The molecule has 2 N–H and O–H groups in total. The van der Waals surface area contributed by atoms with Gasteiger partial charge in [0.1, 0.15) is 5.82 Å². The third kappa shape index (κ3) is 11.5. The van der Waals surface area contributed by atoms with Gasteiger partial charge in [-0.3, -0.25) is 9.89 Å². The number of guanidine groups is 1. The van der Waals surface area contributed by atoms with Gasteiger partial charge in [-0.15, -0.1) is 24.0 Å². The first-order valence-corrected chi connectivity index (χ1v) is 11.3. The standard InChI is InChI=1S/C23H40FN5O.HI/c1-25-23(26-13-7-5-4-6-8-14-28(2)3)27-19-22(29-15-17-30-18-16-29)20-9-11-21(24)12-10-20;/h9-12,22H,4-8,13-19H2,1-3H3,(H2,25,26,27);1H. The van der Waals surface area contributed by atoms with Gasteiger partial charge < -0.3 is 20.3 Å². The van der Waals surface area contributed by atoms with Gasteiger partial charge in [0.05, 0.1) is 19.3 Å². The van der Waals surface area contributed by atoms with E-state index < -0.39 is 0 Å². The third-order valence-electron chi connectivity index (χ3n) is 5.50. The first-order valence-electron chi connectivity index (χ1n) is 11.3. The maximum absolute atomic E-state index is 13.4. The van der Waals surface area contributed by atoms with Crippen molar-refractivity contribution in [3.05, 3.63) is 35.6 Å². The van der Waals surface area contributed by atoms with Crippen LogP contribution in [0.5, 0.6) is 0 Å². The van der Waals surface area contributed by atoms with E-state index in [1.165, 1.54) is 44.4 Å². The summed E-state index contributed by atoms with van der Waals surface area (Å²) in [4.78, 5) is 9.00. The summed E-state index contributed by atoms with van der Waals surface area (Å²) in [5, 5.41) is 6.89. The number of halogens is 2. The molecule has 1 aliphatic heterocycles. The zero-order valence-electron chi connectivity index (χ0n) is 19.4. The van der Waals surface area contributed by atoms with Crippen LogP contribution in [0.4, 0.5) is 4.39 Å². The highest BCUT2D eigenvalue weighted by Gasteiger charge is 2.23. The van der Waals surface area contributed by atoms with Gasteiger partial charge in [-0.1, -0.05) is 31.4 Å². The molecule has 0 bridgehead atoms. The Morgan fingerprint density at radius 2 is 1.71 bits per heavy atom. The molecule has 1 unspecified atom stereocenters. The topological polar surface area (TPSA) is 52.1 Å².